The standard InChI is InChI=1S/C14H19ClN2O2/c1-9-11(15)5-3-6-12(9)17-14(18)16-10(2)13-7-4-8-19-13/h3,5-6,10,13H,4,7-8H2,1-2H3,(H2,16,17,18). The molecule has 1 saturated heterocycles. The summed E-state index contributed by atoms with van der Waals surface area (Å²) < 4.78 is 5.55. The molecule has 0 radical (unpaired) electrons. The van der Waals surface area contributed by atoms with Crippen LogP contribution in [-0.2, 0) is 4.74 Å². The van der Waals surface area contributed by atoms with E-state index in [1.807, 2.05) is 26.0 Å². The number of amides is 2. The number of rotatable bonds is 3. The summed E-state index contributed by atoms with van der Waals surface area (Å²) >= 11 is 6.01. The van der Waals surface area contributed by atoms with E-state index in [1.165, 1.54) is 0 Å². The van der Waals surface area contributed by atoms with E-state index >= 15 is 0 Å². The Balaban J connectivity index is 1.91. The molecule has 2 amide bonds. The van der Waals surface area contributed by atoms with E-state index in [2.05, 4.69) is 10.6 Å². The first-order chi connectivity index (χ1) is 9.08. The zero-order chi connectivity index (χ0) is 13.8. The van der Waals surface area contributed by atoms with Crippen LogP contribution in [0.1, 0.15) is 25.3 Å². The van der Waals surface area contributed by atoms with Gasteiger partial charge in [-0.1, -0.05) is 17.7 Å². The summed E-state index contributed by atoms with van der Waals surface area (Å²) in [7, 11) is 0. The average Bonchev–Trinajstić information content (AvgIpc) is 2.88. The van der Waals surface area contributed by atoms with E-state index in [0.717, 1.165) is 30.7 Å². The second kappa shape index (κ2) is 6.26. The first-order valence-corrected chi connectivity index (χ1v) is 6.90. The number of carbonyl (C=O) groups excluding carboxylic acids is 1. The van der Waals surface area contributed by atoms with Crippen molar-refractivity contribution >= 4 is 23.3 Å². The summed E-state index contributed by atoms with van der Waals surface area (Å²) in [5.74, 6) is 0. The maximum absolute atomic E-state index is 11.9. The molecule has 104 valence electrons. The van der Waals surface area contributed by atoms with Crippen LogP contribution in [0.4, 0.5) is 10.5 Å². The highest BCUT2D eigenvalue weighted by Gasteiger charge is 2.23. The number of hydrogen-bond acceptors (Lipinski definition) is 2. The third kappa shape index (κ3) is 3.61. The van der Waals surface area contributed by atoms with Crippen molar-refractivity contribution in [1.82, 2.24) is 5.32 Å². The monoisotopic (exact) mass is 282 g/mol. The summed E-state index contributed by atoms with van der Waals surface area (Å²) in [6, 6.07) is 5.22. The number of urea groups is 1. The lowest BCUT2D eigenvalue weighted by molar-refractivity contribution is 0.0868. The van der Waals surface area contributed by atoms with Crippen molar-refractivity contribution < 1.29 is 9.53 Å². The Morgan fingerprint density at radius 3 is 3.00 bits per heavy atom. The molecule has 0 aliphatic carbocycles. The summed E-state index contributed by atoms with van der Waals surface area (Å²) in [6.07, 6.45) is 2.18. The number of nitrogens with one attached hydrogen (secondary N) is 2. The maximum atomic E-state index is 11.9. The fourth-order valence-electron chi connectivity index (χ4n) is 2.20. The highest BCUT2D eigenvalue weighted by Crippen LogP contribution is 2.23. The Kier molecular flexibility index (Phi) is 4.66. The number of benzene rings is 1. The third-order valence-electron chi connectivity index (χ3n) is 3.40. The third-order valence-corrected chi connectivity index (χ3v) is 3.81. The van der Waals surface area contributed by atoms with Gasteiger partial charge in [-0.05, 0) is 44.4 Å². The fraction of sp³-hybridized carbons (Fsp3) is 0.500. The zero-order valence-corrected chi connectivity index (χ0v) is 12.0. The Morgan fingerprint density at radius 2 is 2.32 bits per heavy atom. The molecule has 1 heterocycles. The minimum absolute atomic E-state index is 0.00184. The predicted molar refractivity (Wildman–Crippen MR) is 76.8 cm³/mol. The Bertz CT molecular complexity index is 459. The van der Waals surface area contributed by atoms with Gasteiger partial charge in [-0.2, -0.15) is 0 Å². The van der Waals surface area contributed by atoms with Crippen molar-refractivity contribution in [2.24, 2.45) is 0 Å². The highest BCUT2D eigenvalue weighted by molar-refractivity contribution is 6.31. The van der Waals surface area contributed by atoms with Gasteiger partial charge in [0, 0.05) is 17.3 Å². The Labute approximate surface area is 118 Å². The summed E-state index contributed by atoms with van der Waals surface area (Å²) in [5.41, 5.74) is 1.59. The minimum Gasteiger partial charge on any atom is -0.376 e. The van der Waals surface area contributed by atoms with Crippen LogP contribution < -0.4 is 10.6 Å². The van der Waals surface area contributed by atoms with Crippen molar-refractivity contribution in [3.05, 3.63) is 28.8 Å². The molecule has 5 heteroatoms. The first-order valence-electron chi connectivity index (χ1n) is 6.52. The number of anilines is 1. The molecule has 2 rings (SSSR count). The van der Waals surface area contributed by atoms with Gasteiger partial charge in [-0.25, -0.2) is 4.79 Å². The largest absolute Gasteiger partial charge is 0.376 e. The van der Waals surface area contributed by atoms with Crippen LogP contribution in [0.25, 0.3) is 0 Å². The molecule has 4 nitrogen and oxygen atoms in total. The Hall–Kier alpha value is -1.26. The lowest BCUT2D eigenvalue weighted by Crippen LogP contribution is -2.43. The van der Waals surface area contributed by atoms with Crippen molar-refractivity contribution in [2.75, 3.05) is 11.9 Å². The van der Waals surface area contributed by atoms with Crippen LogP contribution in [0.5, 0.6) is 0 Å². The average molecular weight is 283 g/mol. The topological polar surface area (TPSA) is 50.4 Å². The van der Waals surface area contributed by atoms with E-state index in [-0.39, 0.29) is 18.2 Å². The van der Waals surface area contributed by atoms with Gasteiger partial charge in [0.1, 0.15) is 0 Å². The van der Waals surface area contributed by atoms with Crippen molar-refractivity contribution in [2.45, 2.75) is 38.8 Å². The molecular formula is C14H19ClN2O2. The molecule has 0 aromatic heterocycles. The van der Waals surface area contributed by atoms with Crippen molar-refractivity contribution in [3.8, 4) is 0 Å². The predicted octanol–water partition coefficient (Wildman–Crippen LogP) is 3.34. The lowest BCUT2D eigenvalue weighted by Gasteiger charge is -2.20. The number of ether oxygens (including phenoxy) is 1. The van der Waals surface area contributed by atoms with Crippen LogP contribution in [0.15, 0.2) is 18.2 Å². The highest BCUT2D eigenvalue weighted by atomic mass is 35.5. The molecule has 2 atom stereocenters. The van der Waals surface area contributed by atoms with Gasteiger partial charge in [-0.15, -0.1) is 0 Å². The SMILES string of the molecule is Cc1c(Cl)cccc1NC(=O)NC(C)C1CCCO1. The van der Waals surface area contributed by atoms with Gasteiger partial charge in [0.05, 0.1) is 12.1 Å². The quantitative estimate of drug-likeness (QED) is 0.893. The minimum atomic E-state index is -0.228. The molecule has 1 aliphatic rings. The van der Waals surface area contributed by atoms with Gasteiger partial charge in [0.2, 0.25) is 0 Å². The normalized spacial score (nSPS) is 20.1. The smallest absolute Gasteiger partial charge is 0.319 e. The molecule has 0 bridgehead atoms. The van der Waals surface area contributed by atoms with Crippen LogP contribution in [0.2, 0.25) is 5.02 Å². The second-order valence-electron chi connectivity index (χ2n) is 4.85. The van der Waals surface area contributed by atoms with E-state index in [1.54, 1.807) is 6.07 Å². The van der Waals surface area contributed by atoms with E-state index in [9.17, 15) is 4.79 Å². The molecule has 1 aliphatic heterocycles. The van der Waals surface area contributed by atoms with Gasteiger partial charge in [-0.3, -0.25) is 0 Å². The van der Waals surface area contributed by atoms with Gasteiger partial charge < -0.3 is 15.4 Å². The van der Waals surface area contributed by atoms with Gasteiger partial charge in [0.25, 0.3) is 0 Å². The number of hydrogen-bond donors (Lipinski definition) is 2. The number of halogens is 1. The van der Waals surface area contributed by atoms with E-state index < -0.39 is 0 Å². The van der Waals surface area contributed by atoms with Gasteiger partial charge >= 0.3 is 6.03 Å². The molecule has 0 saturated carbocycles. The fourth-order valence-corrected chi connectivity index (χ4v) is 2.37. The second-order valence-corrected chi connectivity index (χ2v) is 5.26. The molecule has 0 spiro atoms. The zero-order valence-electron chi connectivity index (χ0n) is 11.2. The molecule has 2 unspecified atom stereocenters. The summed E-state index contributed by atoms with van der Waals surface area (Å²) in [4.78, 5) is 11.9. The van der Waals surface area contributed by atoms with Crippen LogP contribution in [0, 0.1) is 6.92 Å². The van der Waals surface area contributed by atoms with E-state index in [0.29, 0.717) is 5.02 Å². The van der Waals surface area contributed by atoms with Crippen LogP contribution in [-0.4, -0.2) is 24.8 Å². The van der Waals surface area contributed by atoms with Crippen molar-refractivity contribution in [1.29, 1.82) is 0 Å². The van der Waals surface area contributed by atoms with Crippen molar-refractivity contribution in [3.63, 3.8) is 0 Å². The molecule has 2 N–H and O–H groups in total. The lowest BCUT2D eigenvalue weighted by atomic mass is 10.1. The van der Waals surface area contributed by atoms with Crippen LogP contribution >= 0.6 is 11.6 Å². The van der Waals surface area contributed by atoms with Crippen LogP contribution in [0.3, 0.4) is 0 Å². The number of carbonyl (C=O) groups is 1. The molecule has 1 aromatic carbocycles. The molecule has 19 heavy (non-hydrogen) atoms. The molecule has 1 aromatic rings. The van der Waals surface area contributed by atoms with Gasteiger partial charge in [0.15, 0.2) is 0 Å². The summed E-state index contributed by atoms with van der Waals surface area (Å²) in [5, 5.41) is 6.36. The summed E-state index contributed by atoms with van der Waals surface area (Å²) in [6.45, 7) is 4.62. The molecule has 1 fully saturated rings. The van der Waals surface area contributed by atoms with E-state index in [4.69, 9.17) is 16.3 Å². The molecular weight excluding hydrogens is 264 g/mol. The Morgan fingerprint density at radius 1 is 1.53 bits per heavy atom. The maximum Gasteiger partial charge on any atom is 0.319 e. The first kappa shape index (κ1) is 14.2.